The minimum Gasteiger partial charge on any atom is -0.351 e. The van der Waals surface area contributed by atoms with Crippen LogP contribution in [0.15, 0.2) is 47.8 Å². The molecule has 0 saturated carbocycles. The van der Waals surface area contributed by atoms with E-state index in [4.69, 9.17) is 0 Å². The summed E-state index contributed by atoms with van der Waals surface area (Å²) in [5.74, 6) is -0.110. The van der Waals surface area contributed by atoms with E-state index >= 15 is 0 Å². The van der Waals surface area contributed by atoms with Crippen molar-refractivity contribution in [3.63, 3.8) is 0 Å². The first-order valence-corrected chi connectivity index (χ1v) is 9.01. The van der Waals surface area contributed by atoms with Crippen LogP contribution in [0.5, 0.6) is 0 Å². The van der Waals surface area contributed by atoms with Crippen LogP contribution in [0.25, 0.3) is 0 Å². The highest BCUT2D eigenvalue weighted by Crippen LogP contribution is 2.18. The summed E-state index contributed by atoms with van der Waals surface area (Å²) < 4.78 is 0. The van der Waals surface area contributed by atoms with E-state index in [0.29, 0.717) is 19.6 Å². The molecule has 1 aromatic carbocycles. The number of anilines is 1. The number of piperidine rings is 1. The number of amides is 3. The number of nitrogens with zero attached hydrogens (tertiary/aromatic N) is 1. The molecule has 6 heteroatoms. The molecule has 0 bridgehead atoms. The lowest BCUT2D eigenvalue weighted by Crippen LogP contribution is -2.46. The van der Waals surface area contributed by atoms with Crippen LogP contribution in [0.3, 0.4) is 0 Å². The summed E-state index contributed by atoms with van der Waals surface area (Å²) in [5.41, 5.74) is 0.770. The van der Waals surface area contributed by atoms with Crippen molar-refractivity contribution in [2.75, 3.05) is 18.4 Å². The maximum atomic E-state index is 12.4. The number of nitrogens with one attached hydrogen (secondary N) is 2. The number of hydrogen-bond acceptors (Lipinski definition) is 3. The van der Waals surface area contributed by atoms with Crippen molar-refractivity contribution in [3.8, 4) is 0 Å². The van der Waals surface area contributed by atoms with E-state index in [0.717, 1.165) is 23.4 Å². The van der Waals surface area contributed by atoms with Gasteiger partial charge < -0.3 is 15.5 Å². The van der Waals surface area contributed by atoms with Crippen molar-refractivity contribution in [1.29, 1.82) is 0 Å². The summed E-state index contributed by atoms with van der Waals surface area (Å²) in [4.78, 5) is 27.6. The molecule has 0 spiro atoms. The predicted octanol–water partition coefficient (Wildman–Crippen LogP) is 3.31. The summed E-state index contributed by atoms with van der Waals surface area (Å²) in [6, 6.07) is 13.2. The number of urea groups is 1. The zero-order valence-electron chi connectivity index (χ0n) is 13.4. The molecular formula is C18H21N3O2S. The highest BCUT2D eigenvalue weighted by molar-refractivity contribution is 7.09. The fourth-order valence-corrected chi connectivity index (χ4v) is 3.48. The van der Waals surface area contributed by atoms with Crippen molar-refractivity contribution in [2.24, 2.45) is 5.92 Å². The molecule has 2 heterocycles. The number of hydrogen-bond donors (Lipinski definition) is 2. The van der Waals surface area contributed by atoms with Crippen molar-refractivity contribution in [3.05, 3.63) is 52.7 Å². The Kier molecular flexibility index (Phi) is 5.48. The van der Waals surface area contributed by atoms with Crippen molar-refractivity contribution in [1.82, 2.24) is 10.2 Å². The summed E-state index contributed by atoms with van der Waals surface area (Å²) in [6.07, 6.45) is 1.67. The molecule has 2 aromatic rings. The Morgan fingerprint density at radius 2 is 2.00 bits per heavy atom. The lowest BCUT2D eigenvalue weighted by atomic mass is 9.97. The molecule has 3 rings (SSSR count). The molecule has 1 aliphatic rings. The average Bonchev–Trinajstić information content (AvgIpc) is 3.14. The average molecular weight is 343 g/mol. The summed E-state index contributed by atoms with van der Waals surface area (Å²) in [6.45, 7) is 1.71. The largest absolute Gasteiger partial charge is 0.351 e. The van der Waals surface area contributed by atoms with Crippen LogP contribution in [-0.4, -0.2) is 29.9 Å². The topological polar surface area (TPSA) is 61.4 Å². The Hall–Kier alpha value is -2.34. The number of likely N-dealkylation sites (tertiary alicyclic amines) is 1. The van der Waals surface area contributed by atoms with Gasteiger partial charge in [-0.15, -0.1) is 11.3 Å². The minimum absolute atomic E-state index is 0.0283. The summed E-state index contributed by atoms with van der Waals surface area (Å²) >= 11 is 1.63. The Morgan fingerprint density at radius 1 is 1.17 bits per heavy atom. The van der Waals surface area contributed by atoms with Gasteiger partial charge in [0.2, 0.25) is 5.91 Å². The van der Waals surface area contributed by atoms with E-state index in [1.165, 1.54) is 0 Å². The van der Waals surface area contributed by atoms with Gasteiger partial charge in [-0.05, 0) is 36.4 Å². The number of rotatable bonds is 4. The van der Waals surface area contributed by atoms with Gasteiger partial charge in [0.1, 0.15) is 0 Å². The Bertz CT molecular complexity index is 673. The molecule has 2 N–H and O–H groups in total. The molecule has 1 aromatic heterocycles. The van der Waals surface area contributed by atoms with Crippen LogP contribution in [-0.2, 0) is 11.3 Å². The van der Waals surface area contributed by atoms with Crippen LogP contribution < -0.4 is 10.6 Å². The van der Waals surface area contributed by atoms with E-state index in [9.17, 15) is 9.59 Å². The second-order valence-corrected chi connectivity index (χ2v) is 6.91. The number of carbonyl (C=O) groups is 2. The first-order valence-electron chi connectivity index (χ1n) is 8.13. The van der Waals surface area contributed by atoms with Gasteiger partial charge in [-0.3, -0.25) is 4.79 Å². The second kappa shape index (κ2) is 7.97. The van der Waals surface area contributed by atoms with E-state index in [1.54, 1.807) is 16.2 Å². The highest BCUT2D eigenvalue weighted by atomic mass is 32.1. The Balaban J connectivity index is 1.51. The molecule has 1 aliphatic heterocycles. The monoisotopic (exact) mass is 343 g/mol. The molecule has 126 valence electrons. The first kappa shape index (κ1) is 16.5. The van der Waals surface area contributed by atoms with E-state index in [1.807, 2.05) is 47.8 Å². The summed E-state index contributed by atoms with van der Waals surface area (Å²) in [5, 5.41) is 7.86. The van der Waals surface area contributed by atoms with Crippen molar-refractivity contribution < 1.29 is 9.59 Å². The number of benzene rings is 1. The van der Waals surface area contributed by atoms with Gasteiger partial charge in [0.15, 0.2) is 0 Å². The molecule has 0 aliphatic carbocycles. The zero-order valence-corrected chi connectivity index (χ0v) is 14.2. The van der Waals surface area contributed by atoms with Gasteiger partial charge in [0.25, 0.3) is 0 Å². The molecule has 1 unspecified atom stereocenters. The third kappa shape index (κ3) is 4.35. The van der Waals surface area contributed by atoms with Crippen LogP contribution in [0.2, 0.25) is 0 Å². The van der Waals surface area contributed by atoms with Gasteiger partial charge >= 0.3 is 6.03 Å². The zero-order chi connectivity index (χ0) is 16.8. The maximum absolute atomic E-state index is 12.4. The predicted molar refractivity (Wildman–Crippen MR) is 95.9 cm³/mol. The molecule has 3 amide bonds. The molecule has 24 heavy (non-hydrogen) atoms. The summed E-state index contributed by atoms with van der Waals surface area (Å²) in [7, 11) is 0. The van der Waals surface area contributed by atoms with Crippen molar-refractivity contribution >= 4 is 29.0 Å². The van der Waals surface area contributed by atoms with Crippen molar-refractivity contribution in [2.45, 2.75) is 19.4 Å². The second-order valence-electron chi connectivity index (χ2n) is 5.88. The van der Waals surface area contributed by atoms with Crippen LogP contribution in [0, 0.1) is 5.92 Å². The molecule has 5 nitrogen and oxygen atoms in total. The molecule has 1 fully saturated rings. The smallest absolute Gasteiger partial charge is 0.321 e. The van der Waals surface area contributed by atoms with Gasteiger partial charge in [-0.1, -0.05) is 24.3 Å². The number of thiophene rings is 1. The van der Waals surface area contributed by atoms with Gasteiger partial charge in [-0.25, -0.2) is 4.79 Å². The fraction of sp³-hybridized carbons (Fsp3) is 0.333. The normalized spacial score (nSPS) is 17.3. The standard InChI is InChI=1S/C18H21N3O2S/c22-17(19-12-16-9-5-11-24-16)14-6-4-10-21(13-14)18(23)20-15-7-2-1-3-8-15/h1-3,5,7-9,11,14H,4,6,10,12-13H2,(H,19,22)(H,20,23). The Labute approximate surface area is 145 Å². The van der Waals surface area contributed by atoms with E-state index < -0.39 is 0 Å². The molecule has 0 radical (unpaired) electrons. The minimum atomic E-state index is -0.142. The van der Waals surface area contributed by atoms with Crippen LogP contribution in [0.1, 0.15) is 17.7 Å². The van der Waals surface area contributed by atoms with Gasteiger partial charge in [-0.2, -0.15) is 0 Å². The van der Waals surface area contributed by atoms with Crippen LogP contribution >= 0.6 is 11.3 Å². The lowest BCUT2D eigenvalue weighted by molar-refractivity contribution is -0.126. The van der Waals surface area contributed by atoms with E-state index in [2.05, 4.69) is 10.6 Å². The maximum Gasteiger partial charge on any atom is 0.321 e. The molecule has 1 atom stereocenters. The third-order valence-electron chi connectivity index (χ3n) is 4.12. The Morgan fingerprint density at radius 3 is 2.75 bits per heavy atom. The fourth-order valence-electron chi connectivity index (χ4n) is 2.83. The quantitative estimate of drug-likeness (QED) is 0.895. The molecular weight excluding hydrogens is 322 g/mol. The highest BCUT2D eigenvalue weighted by Gasteiger charge is 2.28. The third-order valence-corrected chi connectivity index (χ3v) is 5.00. The molecule has 1 saturated heterocycles. The number of carbonyl (C=O) groups excluding carboxylic acids is 2. The first-order chi connectivity index (χ1) is 11.7. The lowest BCUT2D eigenvalue weighted by Gasteiger charge is -2.32. The van der Waals surface area contributed by atoms with Gasteiger partial charge in [0.05, 0.1) is 12.5 Å². The van der Waals surface area contributed by atoms with E-state index in [-0.39, 0.29) is 17.9 Å². The SMILES string of the molecule is O=C(NCc1cccs1)C1CCCN(C(=O)Nc2ccccc2)C1. The van der Waals surface area contributed by atoms with Crippen LogP contribution in [0.4, 0.5) is 10.5 Å². The number of para-hydroxylation sites is 1. The van der Waals surface area contributed by atoms with Gasteiger partial charge in [0, 0.05) is 23.7 Å².